The zero-order valence-electron chi connectivity index (χ0n) is 6.68. The summed E-state index contributed by atoms with van der Waals surface area (Å²) < 4.78 is 0. The van der Waals surface area contributed by atoms with Crippen molar-refractivity contribution in [3.05, 3.63) is 0 Å². The van der Waals surface area contributed by atoms with E-state index in [2.05, 4.69) is 18.8 Å². The zero-order chi connectivity index (χ0) is 7.82. The summed E-state index contributed by atoms with van der Waals surface area (Å²) in [6, 6.07) is 0. The molecule has 0 aromatic heterocycles. The molecule has 0 radical (unpaired) electrons. The SMILES string of the molecule is CC#CCCSC(C)CN. The van der Waals surface area contributed by atoms with Crippen LogP contribution in [0.4, 0.5) is 0 Å². The standard InChI is InChI=1S/C8H15NS/c1-3-4-5-6-10-8(2)7-9/h8H,5-7,9H2,1-2H3. The Morgan fingerprint density at radius 1 is 1.60 bits per heavy atom. The van der Waals surface area contributed by atoms with Crippen LogP contribution in [0, 0.1) is 11.8 Å². The van der Waals surface area contributed by atoms with Gasteiger partial charge in [-0.25, -0.2) is 0 Å². The molecule has 1 nitrogen and oxygen atoms in total. The van der Waals surface area contributed by atoms with Crippen molar-refractivity contribution in [3.63, 3.8) is 0 Å². The van der Waals surface area contributed by atoms with Crippen molar-refractivity contribution in [2.45, 2.75) is 25.5 Å². The van der Waals surface area contributed by atoms with Crippen LogP contribution in [0.25, 0.3) is 0 Å². The van der Waals surface area contributed by atoms with Crippen LogP contribution in [0.3, 0.4) is 0 Å². The van der Waals surface area contributed by atoms with Crippen LogP contribution in [0.15, 0.2) is 0 Å². The molecular formula is C8H15NS. The lowest BCUT2D eigenvalue weighted by Gasteiger charge is -2.04. The highest BCUT2D eigenvalue weighted by molar-refractivity contribution is 7.99. The van der Waals surface area contributed by atoms with Crippen LogP contribution in [0.1, 0.15) is 20.3 Å². The van der Waals surface area contributed by atoms with E-state index in [-0.39, 0.29) is 0 Å². The molecule has 1 atom stereocenters. The smallest absolute Gasteiger partial charge is 0.0180 e. The fraction of sp³-hybridized carbons (Fsp3) is 0.750. The molecule has 0 saturated heterocycles. The van der Waals surface area contributed by atoms with Gasteiger partial charge in [0.25, 0.3) is 0 Å². The van der Waals surface area contributed by atoms with E-state index >= 15 is 0 Å². The van der Waals surface area contributed by atoms with Crippen molar-refractivity contribution >= 4 is 11.8 Å². The van der Waals surface area contributed by atoms with Crippen LogP contribution in [-0.4, -0.2) is 17.5 Å². The molecule has 0 fully saturated rings. The first kappa shape index (κ1) is 9.87. The van der Waals surface area contributed by atoms with E-state index in [1.807, 2.05) is 18.7 Å². The molecule has 0 aliphatic rings. The second kappa shape index (κ2) is 6.98. The molecule has 10 heavy (non-hydrogen) atoms. The lowest BCUT2D eigenvalue weighted by Crippen LogP contribution is -2.12. The first-order valence-corrected chi connectivity index (χ1v) is 4.57. The highest BCUT2D eigenvalue weighted by Gasteiger charge is 1.95. The first-order chi connectivity index (χ1) is 4.81. The van der Waals surface area contributed by atoms with Crippen molar-refractivity contribution in [1.29, 1.82) is 0 Å². The summed E-state index contributed by atoms with van der Waals surface area (Å²) in [4.78, 5) is 0. The van der Waals surface area contributed by atoms with Gasteiger partial charge in [-0.05, 0) is 6.92 Å². The first-order valence-electron chi connectivity index (χ1n) is 3.52. The summed E-state index contributed by atoms with van der Waals surface area (Å²) in [7, 11) is 0. The Bertz CT molecular complexity index is 123. The molecule has 1 unspecified atom stereocenters. The van der Waals surface area contributed by atoms with Crippen molar-refractivity contribution in [1.82, 2.24) is 0 Å². The third kappa shape index (κ3) is 6.00. The predicted molar refractivity (Wildman–Crippen MR) is 49.0 cm³/mol. The molecule has 0 aliphatic carbocycles. The van der Waals surface area contributed by atoms with E-state index in [9.17, 15) is 0 Å². The maximum atomic E-state index is 5.43. The maximum absolute atomic E-state index is 5.43. The Labute approximate surface area is 67.8 Å². The van der Waals surface area contributed by atoms with E-state index < -0.39 is 0 Å². The molecule has 0 heterocycles. The van der Waals surface area contributed by atoms with Gasteiger partial charge in [-0.3, -0.25) is 0 Å². The Morgan fingerprint density at radius 2 is 2.30 bits per heavy atom. The van der Waals surface area contributed by atoms with E-state index in [1.54, 1.807) is 0 Å². The van der Waals surface area contributed by atoms with Crippen LogP contribution < -0.4 is 5.73 Å². The number of thioether (sulfide) groups is 1. The monoisotopic (exact) mass is 157 g/mol. The molecular weight excluding hydrogens is 142 g/mol. The van der Waals surface area contributed by atoms with E-state index in [0.29, 0.717) is 5.25 Å². The zero-order valence-corrected chi connectivity index (χ0v) is 7.50. The molecule has 0 aromatic rings. The second-order valence-electron chi connectivity index (χ2n) is 2.09. The van der Waals surface area contributed by atoms with Gasteiger partial charge in [-0.2, -0.15) is 11.8 Å². The topological polar surface area (TPSA) is 26.0 Å². The summed E-state index contributed by atoms with van der Waals surface area (Å²) in [6.45, 7) is 4.78. The number of rotatable bonds is 4. The Kier molecular flexibility index (Phi) is 6.89. The Morgan fingerprint density at radius 3 is 2.80 bits per heavy atom. The second-order valence-corrected chi connectivity index (χ2v) is 3.64. The van der Waals surface area contributed by atoms with Crippen LogP contribution >= 0.6 is 11.8 Å². The van der Waals surface area contributed by atoms with Gasteiger partial charge < -0.3 is 5.73 Å². The van der Waals surface area contributed by atoms with E-state index in [4.69, 9.17) is 5.73 Å². The molecule has 0 rings (SSSR count). The van der Waals surface area contributed by atoms with Gasteiger partial charge in [0.15, 0.2) is 0 Å². The lowest BCUT2D eigenvalue weighted by molar-refractivity contribution is 0.950. The fourth-order valence-corrected chi connectivity index (χ4v) is 1.26. The Hall–Kier alpha value is -0.130. The van der Waals surface area contributed by atoms with Crippen LogP contribution in [0.2, 0.25) is 0 Å². The summed E-state index contributed by atoms with van der Waals surface area (Å²) >= 11 is 1.89. The number of hydrogen-bond donors (Lipinski definition) is 1. The highest BCUT2D eigenvalue weighted by Crippen LogP contribution is 2.08. The molecule has 0 aromatic carbocycles. The van der Waals surface area contributed by atoms with Crippen LogP contribution in [-0.2, 0) is 0 Å². The third-order valence-corrected chi connectivity index (χ3v) is 2.34. The van der Waals surface area contributed by atoms with Gasteiger partial charge in [0, 0.05) is 24.0 Å². The minimum absolute atomic E-state index is 0.582. The van der Waals surface area contributed by atoms with Gasteiger partial charge in [0.2, 0.25) is 0 Å². The van der Waals surface area contributed by atoms with Crippen molar-refractivity contribution < 1.29 is 0 Å². The average Bonchev–Trinajstić information content (AvgIpc) is 1.98. The minimum atomic E-state index is 0.582. The lowest BCUT2D eigenvalue weighted by atomic mass is 10.5. The van der Waals surface area contributed by atoms with Crippen molar-refractivity contribution in [2.24, 2.45) is 5.73 Å². The van der Waals surface area contributed by atoms with Crippen LogP contribution in [0.5, 0.6) is 0 Å². The van der Waals surface area contributed by atoms with Crippen molar-refractivity contribution in [3.8, 4) is 11.8 Å². The Balaban J connectivity index is 3.08. The molecule has 2 heteroatoms. The van der Waals surface area contributed by atoms with E-state index in [1.165, 1.54) is 0 Å². The molecule has 0 saturated carbocycles. The average molecular weight is 157 g/mol. The summed E-state index contributed by atoms with van der Waals surface area (Å²) in [5.41, 5.74) is 5.43. The third-order valence-electron chi connectivity index (χ3n) is 1.14. The van der Waals surface area contributed by atoms with Gasteiger partial charge in [-0.15, -0.1) is 11.8 Å². The quantitative estimate of drug-likeness (QED) is 0.494. The molecule has 2 N–H and O–H groups in total. The van der Waals surface area contributed by atoms with Gasteiger partial charge in [0.1, 0.15) is 0 Å². The maximum Gasteiger partial charge on any atom is 0.0180 e. The van der Waals surface area contributed by atoms with Gasteiger partial charge in [0.05, 0.1) is 0 Å². The summed E-state index contributed by atoms with van der Waals surface area (Å²) in [5, 5.41) is 0.582. The summed E-state index contributed by atoms with van der Waals surface area (Å²) in [5.74, 6) is 6.99. The fourth-order valence-electron chi connectivity index (χ4n) is 0.504. The number of nitrogens with two attached hydrogens (primary N) is 1. The van der Waals surface area contributed by atoms with E-state index in [0.717, 1.165) is 18.7 Å². The van der Waals surface area contributed by atoms with Gasteiger partial charge in [-0.1, -0.05) is 6.92 Å². The summed E-state index contributed by atoms with van der Waals surface area (Å²) in [6.07, 6.45) is 0.992. The minimum Gasteiger partial charge on any atom is -0.329 e. The normalized spacial score (nSPS) is 11.9. The van der Waals surface area contributed by atoms with Crippen molar-refractivity contribution in [2.75, 3.05) is 12.3 Å². The highest BCUT2D eigenvalue weighted by atomic mass is 32.2. The molecule has 0 bridgehead atoms. The predicted octanol–water partition coefficient (Wildman–Crippen LogP) is 1.48. The van der Waals surface area contributed by atoms with Gasteiger partial charge >= 0.3 is 0 Å². The largest absolute Gasteiger partial charge is 0.329 e. The molecule has 0 aliphatic heterocycles. The molecule has 0 amide bonds. The molecule has 58 valence electrons. The number of hydrogen-bond acceptors (Lipinski definition) is 2. The molecule has 0 spiro atoms.